The normalized spacial score (nSPS) is 19.4. The van der Waals surface area contributed by atoms with Crippen LogP contribution in [0.4, 0.5) is 10.5 Å². The Labute approximate surface area is 156 Å². The fourth-order valence-electron chi connectivity index (χ4n) is 2.85. The summed E-state index contributed by atoms with van der Waals surface area (Å²) in [7, 11) is 0. The second kappa shape index (κ2) is 7.21. The molecular formula is C19H19N3O3S. The van der Waals surface area contributed by atoms with Crippen molar-refractivity contribution in [1.29, 1.82) is 0 Å². The molecule has 0 unspecified atom stereocenters. The predicted octanol–water partition coefficient (Wildman–Crippen LogP) is 2.81. The molecule has 134 valence electrons. The molecule has 1 saturated heterocycles. The number of hydrogen-bond donors (Lipinski definition) is 2. The molecule has 1 aliphatic rings. The van der Waals surface area contributed by atoms with Crippen molar-refractivity contribution in [3.8, 4) is 0 Å². The van der Waals surface area contributed by atoms with Gasteiger partial charge in [-0.2, -0.15) is 0 Å². The Hall–Kier alpha value is -2.80. The third kappa shape index (κ3) is 3.43. The molecular weight excluding hydrogens is 350 g/mol. The Balaban J connectivity index is 1.72. The van der Waals surface area contributed by atoms with Crippen LogP contribution in [0.5, 0.6) is 0 Å². The minimum absolute atomic E-state index is 0.337. The molecule has 0 aliphatic carbocycles. The van der Waals surface area contributed by atoms with E-state index in [1.54, 1.807) is 49.0 Å². The molecule has 0 radical (unpaired) electrons. The van der Waals surface area contributed by atoms with Crippen molar-refractivity contribution in [2.75, 3.05) is 18.1 Å². The van der Waals surface area contributed by atoms with E-state index < -0.39 is 23.4 Å². The minimum Gasteiger partial charge on any atom is -0.324 e. The first-order valence-corrected chi connectivity index (χ1v) is 9.30. The second-order valence-electron chi connectivity index (χ2n) is 6.09. The van der Waals surface area contributed by atoms with Crippen LogP contribution < -0.4 is 10.6 Å². The summed E-state index contributed by atoms with van der Waals surface area (Å²) in [5, 5.41) is 5.41. The maximum Gasteiger partial charge on any atom is 0.325 e. The van der Waals surface area contributed by atoms with E-state index >= 15 is 0 Å². The van der Waals surface area contributed by atoms with E-state index in [9.17, 15) is 14.4 Å². The highest BCUT2D eigenvalue weighted by Gasteiger charge is 2.49. The molecule has 26 heavy (non-hydrogen) atoms. The van der Waals surface area contributed by atoms with Gasteiger partial charge in [-0.25, -0.2) is 4.79 Å². The number of amides is 4. The van der Waals surface area contributed by atoms with Crippen LogP contribution in [0.1, 0.15) is 12.5 Å². The molecule has 2 N–H and O–H groups in total. The molecule has 0 aromatic heterocycles. The molecule has 7 heteroatoms. The topological polar surface area (TPSA) is 78.5 Å². The summed E-state index contributed by atoms with van der Waals surface area (Å²) in [5.74, 6) is -0.870. The lowest BCUT2D eigenvalue weighted by Gasteiger charge is -2.22. The standard InChI is InChI=1S/C19H19N3O3S/c1-19(13-7-4-3-5-8-13)17(24)22(18(25)21-19)12-16(23)20-14-9-6-10-15(11-14)26-2/h3-11H,12H2,1-2H3,(H,20,23)(H,21,25)/t19-/m1/s1. The van der Waals surface area contributed by atoms with Crippen LogP contribution in [0, 0.1) is 0 Å². The van der Waals surface area contributed by atoms with E-state index in [2.05, 4.69) is 10.6 Å². The number of hydrogen-bond acceptors (Lipinski definition) is 4. The minimum atomic E-state index is -1.17. The largest absolute Gasteiger partial charge is 0.325 e. The summed E-state index contributed by atoms with van der Waals surface area (Å²) in [6, 6.07) is 15.8. The molecule has 0 spiro atoms. The summed E-state index contributed by atoms with van der Waals surface area (Å²) >= 11 is 1.56. The third-order valence-electron chi connectivity index (χ3n) is 4.28. The van der Waals surface area contributed by atoms with Gasteiger partial charge in [0.2, 0.25) is 5.91 Å². The third-order valence-corrected chi connectivity index (χ3v) is 5.01. The van der Waals surface area contributed by atoms with Crippen molar-refractivity contribution in [3.63, 3.8) is 0 Å². The Kier molecular flexibility index (Phi) is 4.99. The van der Waals surface area contributed by atoms with Gasteiger partial charge in [-0.05, 0) is 36.9 Å². The van der Waals surface area contributed by atoms with Gasteiger partial charge in [0.25, 0.3) is 5.91 Å². The lowest BCUT2D eigenvalue weighted by Crippen LogP contribution is -2.42. The molecule has 1 aliphatic heterocycles. The average Bonchev–Trinajstić information content (AvgIpc) is 2.87. The number of rotatable bonds is 5. The van der Waals surface area contributed by atoms with Crippen molar-refractivity contribution in [3.05, 3.63) is 60.2 Å². The van der Waals surface area contributed by atoms with Gasteiger partial charge in [-0.1, -0.05) is 36.4 Å². The first-order valence-electron chi connectivity index (χ1n) is 8.07. The highest BCUT2D eigenvalue weighted by molar-refractivity contribution is 7.98. The molecule has 1 atom stereocenters. The Bertz CT molecular complexity index is 856. The van der Waals surface area contributed by atoms with Gasteiger partial charge in [-0.3, -0.25) is 14.5 Å². The first kappa shape index (κ1) is 18.0. The van der Waals surface area contributed by atoms with Gasteiger partial charge >= 0.3 is 6.03 Å². The molecule has 3 rings (SSSR count). The van der Waals surface area contributed by atoms with E-state index in [0.717, 1.165) is 9.80 Å². The number of nitrogens with one attached hydrogen (secondary N) is 2. The van der Waals surface area contributed by atoms with Crippen molar-refractivity contribution in [2.45, 2.75) is 17.4 Å². The molecule has 2 aromatic rings. The van der Waals surface area contributed by atoms with E-state index in [1.807, 2.05) is 30.5 Å². The van der Waals surface area contributed by atoms with Gasteiger partial charge in [0.05, 0.1) is 0 Å². The van der Waals surface area contributed by atoms with Crippen molar-refractivity contribution in [1.82, 2.24) is 10.2 Å². The van der Waals surface area contributed by atoms with Crippen molar-refractivity contribution in [2.24, 2.45) is 0 Å². The maximum absolute atomic E-state index is 12.8. The van der Waals surface area contributed by atoms with Gasteiger partial charge in [0, 0.05) is 10.6 Å². The molecule has 6 nitrogen and oxygen atoms in total. The van der Waals surface area contributed by atoms with Crippen LogP contribution in [0.2, 0.25) is 0 Å². The quantitative estimate of drug-likeness (QED) is 0.627. The Morgan fingerprint density at radius 1 is 1.15 bits per heavy atom. The number of carbonyl (C=O) groups excluding carboxylic acids is 3. The van der Waals surface area contributed by atoms with Crippen molar-refractivity contribution < 1.29 is 14.4 Å². The summed E-state index contributed by atoms with van der Waals surface area (Å²) in [5.41, 5.74) is 0.130. The van der Waals surface area contributed by atoms with Gasteiger partial charge in [0.15, 0.2) is 0 Å². The van der Waals surface area contributed by atoms with E-state index in [-0.39, 0.29) is 6.54 Å². The first-order chi connectivity index (χ1) is 12.4. The van der Waals surface area contributed by atoms with Crippen molar-refractivity contribution >= 4 is 35.3 Å². The summed E-state index contributed by atoms with van der Waals surface area (Å²) in [4.78, 5) is 39.3. The van der Waals surface area contributed by atoms with Gasteiger partial charge in [0.1, 0.15) is 12.1 Å². The average molecular weight is 369 g/mol. The molecule has 0 saturated carbocycles. The van der Waals surface area contributed by atoms with Crippen LogP contribution in [0.25, 0.3) is 0 Å². The van der Waals surface area contributed by atoms with Gasteiger partial charge in [-0.15, -0.1) is 11.8 Å². The SMILES string of the molecule is CSc1cccc(NC(=O)CN2C(=O)N[C@](C)(c3ccccc3)C2=O)c1. The molecule has 4 amide bonds. The number of thioether (sulfide) groups is 1. The molecule has 0 bridgehead atoms. The van der Waals surface area contributed by atoms with E-state index in [4.69, 9.17) is 0 Å². The number of imide groups is 1. The maximum atomic E-state index is 12.8. The molecule has 2 aromatic carbocycles. The highest BCUT2D eigenvalue weighted by Crippen LogP contribution is 2.28. The zero-order valence-electron chi connectivity index (χ0n) is 14.5. The van der Waals surface area contributed by atoms with Gasteiger partial charge < -0.3 is 10.6 Å². The smallest absolute Gasteiger partial charge is 0.324 e. The summed E-state index contributed by atoms with van der Waals surface area (Å²) < 4.78 is 0. The number of anilines is 1. The second-order valence-corrected chi connectivity index (χ2v) is 6.97. The van der Waals surface area contributed by atoms with Crippen LogP contribution in [-0.4, -0.2) is 35.5 Å². The Morgan fingerprint density at radius 3 is 2.58 bits per heavy atom. The Morgan fingerprint density at radius 2 is 1.88 bits per heavy atom. The van der Waals surface area contributed by atoms with Crippen LogP contribution in [0.15, 0.2) is 59.5 Å². The van der Waals surface area contributed by atoms with Crippen LogP contribution >= 0.6 is 11.8 Å². The number of urea groups is 1. The predicted molar refractivity (Wildman–Crippen MR) is 101 cm³/mol. The lowest BCUT2D eigenvalue weighted by atomic mass is 9.92. The van der Waals surface area contributed by atoms with Crippen LogP contribution in [0.3, 0.4) is 0 Å². The number of nitrogens with zero attached hydrogens (tertiary/aromatic N) is 1. The molecule has 1 heterocycles. The number of benzene rings is 2. The van der Waals surface area contributed by atoms with E-state index in [1.165, 1.54) is 0 Å². The number of carbonyl (C=O) groups is 3. The zero-order valence-corrected chi connectivity index (χ0v) is 15.3. The highest BCUT2D eigenvalue weighted by atomic mass is 32.2. The monoisotopic (exact) mass is 369 g/mol. The van der Waals surface area contributed by atoms with E-state index in [0.29, 0.717) is 11.3 Å². The fourth-order valence-corrected chi connectivity index (χ4v) is 3.31. The fraction of sp³-hybridized carbons (Fsp3) is 0.211. The lowest BCUT2D eigenvalue weighted by molar-refractivity contribution is -0.133. The van der Waals surface area contributed by atoms with Crippen LogP contribution in [-0.2, 0) is 15.1 Å². The summed E-state index contributed by atoms with van der Waals surface area (Å²) in [6.07, 6.45) is 1.94. The zero-order chi connectivity index (χ0) is 18.7. The molecule has 1 fully saturated rings. The summed E-state index contributed by atoms with van der Waals surface area (Å²) in [6.45, 7) is 1.30.